The molecule has 5 heteroatoms. The zero-order valence-corrected chi connectivity index (χ0v) is 8.29. The van der Waals surface area contributed by atoms with Crippen LogP contribution in [0.3, 0.4) is 0 Å². The molecule has 1 heterocycles. The lowest BCUT2D eigenvalue weighted by Gasteiger charge is -2.12. The highest BCUT2D eigenvalue weighted by Crippen LogP contribution is 2.08. The van der Waals surface area contributed by atoms with E-state index < -0.39 is 0 Å². The first kappa shape index (κ1) is 10.7. The van der Waals surface area contributed by atoms with Crippen molar-refractivity contribution in [2.45, 2.75) is 19.8 Å². The summed E-state index contributed by atoms with van der Waals surface area (Å²) >= 11 is 0. The van der Waals surface area contributed by atoms with E-state index in [1.807, 2.05) is 6.92 Å². The number of nitrogens with two attached hydrogens (primary N) is 1. The lowest BCUT2D eigenvalue weighted by atomic mass is 10.0. The molecule has 1 atom stereocenters. The molecule has 0 aliphatic rings. The van der Waals surface area contributed by atoms with E-state index in [1.165, 1.54) is 0 Å². The molecule has 0 aromatic carbocycles. The Morgan fingerprint density at radius 1 is 1.79 bits per heavy atom. The molecule has 1 aromatic heterocycles. The van der Waals surface area contributed by atoms with Gasteiger partial charge in [0.2, 0.25) is 5.91 Å². The minimum absolute atomic E-state index is 0.0430. The van der Waals surface area contributed by atoms with Gasteiger partial charge in [0.1, 0.15) is 5.82 Å². The third-order valence-electron chi connectivity index (χ3n) is 2.05. The predicted octanol–water partition coefficient (Wildman–Crippen LogP) is 0.723. The SMILES string of the molecule is CCCC(CN)C(=O)Nc1ccn[nH]1. The topological polar surface area (TPSA) is 83.8 Å². The summed E-state index contributed by atoms with van der Waals surface area (Å²) in [4.78, 5) is 11.6. The Balaban J connectivity index is 2.47. The monoisotopic (exact) mass is 196 g/mol. The van der Waals surface area contributed by atoms with Gasteiger partial charge in [-0.2, -0.15) is 5.10 Å². The molecule has 0 bridgehead atoms. The number of carbonyl (C=O) groups is 1. The van der Waals surface area contributed by atoms with Crippen LogP contribution in [0.2, 0.25) is 0 Å². The number of carbonyl (C=O) groups excluding carboxylic acids is 1. The molecule has 0 saturated carbocycles. The number of hydrogen-bond donors (Lipinski definition) is 3. The molecule has 0 aliphatic carbocycles. The lowest BCUT2D eigenvalue weighted by Crippen LogP contribution is -2.29. The Morgan fingerprint density at radius 3 is 3.07 bits per heavy atom. The van der Waals surface area contributed by atoms with Gasteiger partial charge in [-0.15, -0.1) is 0 Å². The first-order chi connectivity index (χ1) is 6.77. The summed E-state index contributed by atoms with van der Waals surface area (Å²) in [6.07, 6.45) is 3.36. The molecule has 0 spiro atoms. The van der Waals surface area contributed by atoms with Crippen molar-refractivity contribution < 1.29 is 4.79 Å². The highest BCUT2D eigenvalue weighted by molar-refractivity contribution is 5.91. The van der Waals surface area contributed by atoms with Crippen LogP contribution in [0.15, 0.2) is 12.3 Å². The van der Waals surface area contributed by atoms with Gasteiger partial charge in [0.25, 0.3) is 0 Å². The van der Waals surface area contributed by atoms with E-state index in [0.29, 0.717) is 12.4 Å². The smallest absolute Gasteiger partial charge is 0.229 e. The zero-order valence-electron chi connectivity index (χ0n) is 8.29. The van der Waals surface area contributed by atoms with Crippen molar-refractivity contribution in [2.24, 2.45) is 11.7 Å². The molecule has 0 saturated heterocycles. The number of aromatic amines is 1. The Kier molecular flexibility index (Phi) is 4.12. The van der Waals surface area contributed by atoms with Crippen LogP contribution in [0.25, 0.3) is 0 Å². The van der Waals surface area contributed by atoms with Crippen LogP contribution < -0.4 is 11.1 Å². The molecule has 0 aliphatic heterocycles. The molecule has 1 amide bonds. The lowest BCUT2D eigenvalue weighted by molar-refractivity contribution is -0.119. The quantitative estimate of drug-likeness (QED) is 0.649. The minimum atomic E-state index is -0.108. The molecule has 0 radical (unpaired) electrons. The highest BCUT2D eigenvalue weighted by Gasteiger charge is 2.15. The average molecular weight is 196 g/mol. The van der Waals surface area contributed by atoms with Crippen LogP contribution in [0, 0.1) is 5.92 Å². The summed E-state index contributed by atoms with van der Waals surface area (Å²) in [6, 6.07) is 1.71. The van der Waals surface area contributed by atoms with Crippen molar-refractivity contribution in [3.63, 3.8) is 0 Å². The third kappa shape index (κ3) is 2.85. The van der Waals surface area contributed by atoms with Crippen LogP contribution in [0.1, 0.15) is 19.8 Å². The number of hydrogen-bond acceptors (Lipinski definition) is 3. The van der Waals surface area contributed by atoms with Gasteiger partial charge in [-0.1, -0.05) is 13.3 Å². The van der Waals surface area contributed by atoms with Crippen molar-refractivity contribution in [3.05, 3.63) is 12.3 Å². The van der Waals surface area contributed by atoms with Gasteiger partial charge in [-0.05, 0) is 6.42 Å². The summed E-state index contributed by atoms with van der Waals surface area (Å²) in [7, 11) is 0. The zero-order chi connectivity index (χ0) is 10.4. The number of nitrogens with one attached hydrogen (secondary N) is 2. The van der Waals surface area contributed by atoms with Gasteiger partial charge in [0.15, 0.2) is 0 Å². The Hall–Kier alpha value is -1.36. The van der Waals surface area contributed by atoms with Gasteiger partial charge < -0.3 is 11.1 Å². The molecule has 1 rings (SSSR count). The number of rotatable bonds is 5. The van der Waals surface area contributed by atoms with Crippen molar-refractivity contribution in [3.8, 4) is 0 Å². The second-order valence-electron chi connectivity index (χ2n) is 3.18. The molecule has 1 unspecified atom stereocenters. The van der Waals surface area contributed by atoms with Gasteiger partial charge >= 0.3 is 0 Å². The summed E-state index contributed by atoms with van der Waals surface area (Å²) < 4.78 is 0. The van der Waals surface area contributed by atoms with E-state index in [2.05, 4.69) is 15.5 Å². The van der Waals surface area contributed by atoms with Gasteiger partial charge in [-0.3, -0.25) is 9.89 Å². The van der Waals surface area contributed by atoms with Crippen LogP contribution in [0.4, 0.5) is 5.82 Å². The third-order valence-corrected chi connectivity index (χ3v) is 2.05. The van der Waals surface area contributed by atoms with E-state index in [-0.39, 0.29) is 11.8 Å². The molecule has 4 N–H and O–H groups in total. The maximum atomic E-state index is 11.6. The number of nitrogens with zero attached hydrogens (tertiary/aromatic N) is 1. The molecule has 0 fully saturated rings. The van der Waals surface area contributed by atoms with Crippen LogP contribution in [-0.2, 0) is 4.79 Å². The van der Waals surface area contributed by atoms with E-state index in [4.69, 9.17) is 5.73 Å². The molecule has 78 valence electrons. The van der Waals surface area contributed by atoms with Gasteiger partial charge in [0, 0.05) is 12.6 Å². The second-order valence-corrected chi connectivity index (χ2v) is 3.18. The summed E-state index contributed by atoms with van der Waals surface area (Å²) in [5.74, 6) is 0.464. The van der Waals surface area contributed by atoms with Crippen LogP contribution in [-0.4, -0.2) is 22.6 Å². The van der Waals surface area contributed by atoms with E-state index in [1.54, 1.807) is 12.3 Å². The van der Waals surface area contributed by atoms with Crippen molar-refractivity contribution >= 4 is 11.7 Å². The summed E-state index contributed by atoms with van der Waals surface area (Å²) in [5, 5.41) is 9.12. The average Bonchev–Trinajstić information content (AvgIpc) is 2.66. The number of aromatic nitrogens is 2. The minimum Gasteiger partial charge on any atom is -0.330 e. The van der Waals surface area contributed by atoms with Gasteiger partial charge in [-0.25, -0.2) is 0 Å². The Morgan fingerprint density at radius 2 is 2.57 bits per heavy atom. The summed E-state index contributed by atoms with van der Waals surface area (Å²) in [6.45, 7) is 2.42. The Labute approximate surface area is 83.1 Å². The maximum Gasteiger partial charge on any atom is 0.229 e. The van der Waals surface area contributed by atoms with Crippen molar-refractivity contribution in [1.82, 2.24) is 10.2 Å². The predicted molar refractivity (Wildman–Crippen MR) is 54.7 cm³/mol. The fourth-order valence-corrected chi connectivity index (χ4v) is 1.26. The van der Waals surface area contributed by atoms with E-state index in [9.17, 15) is 4.79 Å². The first-order valence-electron chi connectivity index (χ1n) is 4.78. The Bertz CT molecular complexity index is 270. The molecule has 5 nitrogen and oxygen atoms in total. The fourth-order valence-electron chi connectivity index (χ4n) is 1.26. The van der Waals surface area contributed by atoms with Crippen molar-refractivity contribution in [1.29, 1.82) is 0 Å². The first-order valence-corrected chi connectivity index (χ1v) is 4.78. The van der Waals surface area contributed by atoms with E-state index in [0.717, 1.165) is 12.8 Å². The maximum absolute atomic E-state index is 11.6. The van der Waals surface area contributed by atoms with Gasteiger partial charge in [0.05, 0.1) is 12.1 Å². The molecular weight excluding hydrogens is 180 g/mol. The number of H-pyrrole nitrogens is 1. The molecule has 1 aromatic rings. The summed E-state index contributed by atoms with van der Waals surface area (Å²) in [5.41, 5.74) is 5.50. The van der Waals surface area contributed by atoms with Crippen molar-refractivity contribution in [2.75, 3.05) is 11.9 Å². The number of anilines is 1. The number of amides is 1. The largest absolute Gasteiger partial charge is 0.330 e. The normalized spacial score (nSPS) is 12.4. The molecule has 14 heavy (non-hydrogen) atoms. The standard InChI is InChI=1S/C9H16N4O/c1-2-3-7(6-10)9(14)12-8-4-5-11-13-8/h4-5,7H,2-3,6,10H2,1H3,(H2,11,12,13,14). The highest BCUT2D eigenvalue weighted by atomic mass is 16.2. The fraction of sp³-hybridized carbons (Fsp3) is 0.556. The second kappa shape index (κ2) is 5.39. The van der Waals surface area contributed by atoms with Crippen LogP contribution >= 0.6 is 0 Å². The van der Waals surface area contributed by atoms with E-state index >= 15 is 0 Å². The molecular formula is C9H16N4O. The van der Waals surface area contributed by atoms with Crippen LogP contribution in [0.5, 0.6) is 0 Å².